The summed E-state index contributed by atoms with van der Waals surface area (Å²) in [4.78, 5) is 36.6. The lowest BCUT2D eigenvalue weighted by atomic mass is 9.96. The van der Waals surface area contributed by atoms with Gasteiger partial charge in [-0.2, -0.15) is 0 Å². The number of carbonyl (C=O) groups is 3. The lowest BCUT2D eigenvalue weighted by Gasteiger charge is -2.23. The van der Waals surface area contributed by atoms with E-state index < -0.39 is 24.0 Å². The summed E-state index contributed by atoms with van der Waals surface area (Å²) >= 11 is 0. The van der Waals surface area contributed by atoms with Crippen LogP contribution in [0.4, 0.5) is 4.79 Å². The molecule has 0 spiro atoms. The van der Waals surface area contributed by atoms with Gasteiger partial charge in [0, 0.05) is 6.04 Å². The topological polar surface area (TPSA) is 93.7 Å². The van der Waals surface area contributed by atoms with Gasteiger partial charge in [0.1, 0.15) is 11.5 Å². The van der Waals surface area contributed by atoms with Crippen molar-refractivity contribution >= 4 is 17.9 Å². The van der Waals surface area contributed by atoms with Crippen LogP contribution in [0.2, 0.25) is 0 Å². The van der Waals surface area contributed by atoms with Crippen molar-refractivity contribution in [2.75, 3.05) is 0 Å². The molecule has 1 aliphatic rings. The molecule has 3 amide bonds. The molecule has 2 N–H and O–H groups in total. The van der Waals surface area contributed by atoms with E-state index in [1.807, 2.05) is 18.2 Å². The van der Waals surface area contributed by atoms with E-state index in [1.54, 1.807) is 30.3 Å². The van der Waals surface area contributed by atoms with Gasteiger partial charge in [0.25, 0.3) is 5.91 Å². The molecule has 0 saturated heterocycles. The van der Waals surface area contributed by atoms with E-state index in [1.165, 1.54) is 19.4 Å². The molecular formula is C23H26N2O5. The number of urea groups is 1. The Kier molecular flexibility index (Phi) is 7.43. The molecule has 2 aromatic carbocycles. The first-order chi connectivity index (χ1) is 14.5. The maximum Gasteiger partial charge on any atom is 0.339 e. The lowest BCUT2D eigenvalue weighted by molar-refractivity contribution is -0.127. The molecular weight excluding hydrogens is 384 g/mol. The summed E-state index contributed by atoms with van der Waals surface area (Å²) in [6.45, 7) is 1.42. The van der Waals surface area contributed by atoms with Crippen LogP contribution >= 0.6 is 0 Å². The molecule has 7 nitrogen and oxygen atoms in total. The predicted molar refractivity (Wildman–Crippen MR) is 111 cm³/mol. The molecule has 7 heteroatoms. The third-order valence-electron chi connectivity index (χ3n) is 4.88. The summed E-state index contributed by atoms with van der Waals surface area (Å²) in [6.07, 6.45) is 4.01. The quantitative estimate of drug-likeness (QED) is 0.697. The monoisotopic (exact) mass is 410 g/mol. The van der Waals surface area contributed by atoms with Crippen molar-refractivity contribution in [3.8, 4) is 11.5 Å². The van der Waals surface area contributed by atoms with Gasteiger partial charge < -0.3 is 14.8 Å². The minimum Gasteiger partial charge on any atom is -0.457 e. The zero-order valence-electron chi connectivity index (χ0n) is 16.9. The zero-order chi connectivity index (χ0) is 21.3. The lowest BCUT2D eigenvalue weighted by Crippen LogP contribution is -2.48. The molecule has 2 aromatic rings. The van der Waals surface area contributed by atoms with Gasteiger partial charge in [-0.05, 0) is 50.1 Å². The van der Waals surface area contributed by atoms with Gasteiger partial charge >= 0.3 is 12.0 Å². The van der Waals surface area contributed by atoms with Gasteiger partial charge in [0.2, 0.25) is 0 Å². The Labute approximate surface area is 175 Å². The summed E-state index contributed by atoms with van der Waals surface area (Å²) in [5, 5.41) is 5.03. The molecule has 0 aliphatic heterocycles. The maximum absolute atomic E-state index is 12.4. The number of para-hydroxylation sites is 1. The van der Waals surface area contributed by atoms with Crippen LogP contribution in [0, 0.1) is 0 Å². The number of carbonyl (C=O) groups excluding carboxylic acids is 3. The van der Waals surface area contributed by atoms with Crippen molar-refractivity contribution in [2.24, 2.45) is 0 Å². The zero-order valence-corrected chi connectivity index (χ0v) is 16.9. The molecule has 1 aliphatic carbocycles. The molecule has 1 saturated carbocycles. The number of rotatable bonds is 6. The number of imide groups is 1. The van der Waals surface area contributed by atoms with Crippen LogP contribution in [-0.2, 0) is 9.53 Å². The van der Waals surface area contributed by atoms with E-state index in [0.29, 0.717) is 11.5 Å². The van der Waals surface area contributed by atoms with Crippen molar-refractivity contribution in [3.63, 3.8) is 0 Å². The molecule has 158 valence electrons. The number of hydrogen-bond donors (Lipinski definition) is 2. The van der Waals surface area contributed by atoms with Crippen molar-refractivity contribution in [3.05, 3.63) is 60.2 Å². The van der Waals surface area contributed by atoms with Crippen molar-refractivity contribution in [2.45, 2.75) is 51.2 Å². The fourth-order valence-electron chi connectivity index (χ4n) is 3.28. The molecule has 1 atom stereocenters. The third kappa shape index (κ3) is 6.34. The van der Waals surface area contributed by atoms with Crippen LogP contribution in [0.25, 0.3) is 0 Å². The highest BCUT2D eigenvalue weighted by atomic mass is 16.5. The highest BCUT2D eigenvalue weighted by Crippen LogP contribution is 2.22. The normalized spacial score (nSPS) is 15.0. The number of benzene rings is 2. The highest BCUT2D eigenvalue weighted by Gasteiger charge is 2.23. The fraction of sp³-hybridized carbons (Fsp3) is 0.348. The van der Waals surface area contributed by atoms with Gasteiger partial charge in [-0.3, -0.25) is 10.1 Å². The summed E-state index contributed by atoms with van der Waals surface area (Å²) in [6, 6.07) is 15.2. The number of amides is 3. The molecule has 0 radical (unpaired) electrons. The maximum atomic E-state index is 12.4. The Balaban J connectivity index is 1.51. The Morgan fingerprint density at radius 3 is 2.37 bits per heavy atom. The van der Waals surface area contributed by atoms with Gasteiger partial charge in [-0.1, -0.05) is 43.5 Å². The highest BCUT2D eigenvalue weighted by molar-refractivity contribution is 5.98. The first-order valence-corrected chi connectivity index (χ1v) is 10.2. The van der Waals surface area contributed by atoms with Gasteiger partial charge in [0.05, 0.1) is 5.56 Å². The van der Waals surface area contributed by atoms with Gasteiger partial charge in [-0.15, -0.1) is 0 Å². The molecule has 1 fully saturated rings. The van der Waals surface area contributed by atoms with E-state index >= 15 is 0 Å². The van der Waals surface area contributed by atoms with Crippen molar-refractivity contribution in [1.29, 1.82) is 0 Å². The summed E-state index contributed by atoms with van der Waals surface area (Å²) in [5.41, 5.74) is 0.245. The first kappa shape index (κ1) is 21.4. The van der Waals surface area contributed by atoms with Crippen molar-refractivity contribution < 1.29 is 23.9 Å². The Morgan fingerprint density at radius 1 is 0.933 bits per heavy atom. The second-order valence-corrected chi connectivity index (χ2v) is 7.29. The van der Waals surface area contributed by atoms with E-state index in [4.69, 9.17) is 9.47 Å². The SMILES string of the molecule is C[C@H](OC(=O)c1cccc(Oc2ccccc2)c1)C(=O)NC(=O)NC1CCCCC1. The van der Waals surface area contributed by atoms with Crippen LogP contribution in [0.3, 0.4) is 0 Å². The van der Waals surface area contributed by atoms with Crippen LogP contribution < -0.4 is 15.4 Å². The van der Waals surface area contributed by atoms with E-state index in [2.05, 4.69) is 10.6 Å². The summed E-state index contributed by atoms with van der Waals surface area (Å²) in [5.74, 6) is -0.239. The number of ether oxygens (including phenoxy) is 2. The molecule has 0 aromatic heterocycles. The average molecular weight is 410 g/mol. The van der Waals surface area contributed by atoms with Crippen molar-refractivity contribution in [1.82, 2.24) is 10.6 Å². The van der Waals surface area contributed by atoms with Crippen LogP contribution in [0.5, 0.6) is 11.5 Å². The minimum absolute atomic E-state index is 0.0803. The average Bonchev–Trinajstić information content (AvgIpc) is 2.75. The van der Waals surface area contributed by atoms with Gasteiger partial charge in [0.15, 0.2) is 6.10 Å². The Morgan fingerprint density at radius 2 is 1.63 bits per heavy atom. The predicted octanol–water partition coefficient (Wildman–Crippen LogP) is 4.18. The van der Waals surface area contributed by atoms with Crippen LogP contribution in [-0.4, -0.2) is 30.1 Å². The number of hydrogen-bond acceptors (Lipinski definition) is 5. The van der Waals surface area contributed by atoms with E-state index in [-0.39, 0.29) is 11.6 Å². The third-order valence-corrected chi connectivity index (χ3v) is 4.88. The molecule has 0 unspecified atom stereocenters. The summed E-state index contributed by atoms with van der Waals surface area (Å²) < 4.78 is 10.9. The largest absolute Gasteiger partial charge is 0.457 e. The second kappa shape index (κ2) is 10.4. The Hall–Kier alpha value is -3.35. The summed E-state index contributed by atoms with van der Waals surface area (Å²) in [7, 11) is 0. The van der Waals surface area contributed by atoms with Crippen LogP contribution in [0.1, 0.15) is 49.4 Å². The molecule has 30 heavy (non-hydrogen) atoms. The number of esters is 1. The minimum atomic E-state index is -1.12. The standard InChI is InChI=1S/C23H26N2O5/c1-16(21(26)25-23(28)24-18-10-4-2-5-11-18)29-22(27)17-9-8-14-20(15-17)30-19-12-6-3-7-13-19/h3,6-9,12-16,18H,2,4-5,10-11H2,1H3,(H2,24,25,26,28)/t16-/m0/s1. The smallest absolute Gasteiger partial charge is 0.339 e. The Bertz CT molecular complexity index is 878. The van der Waals surface area contributed by atoms with Crippen LogP contribution in [0.15, 0.2) is 54.6 Å². The van der Waals surface area contributed by atoms with Gasteiger partial charge in [-0.25, -0.2) is 9.59 Å². The second-order valence-electron chi connectivity index (χ2n) is 7.29. The molecule has 0 heterocycles. The number of nitrogens with one attached hydrogen (secondary N) is 2. The first-order valence-electron chi connectivity index (χ1n) is 10.2. The molecule has 3 rings (SSSR count). The van der Waals surface area contributed by atoms with E-state index in [0.717, 1.165) is 25.7 Å². The fourth-order valence-corrected chi connectivity index (χ4v) is 3.28. The van der Waals surface area contributed by atoms with E-state index in [9.17, 15) is 14.4 Å². The molecule has 0 bridgehead atoms.